The van der Waals surface area contributed by atoms with Crippen molar-refractivity contribution in [3.05, 3.63) is 0 Å². The third-order valence-electron chi connectivity index (χ3n) is 7.44. The summed E-state index contributed by atoms with van der Waals surface area (Å²) in [7, 11) is 2.74. The van der Waals surface area contributed by atoms with E-state index in [9.17, 15) is 9.59 Å². The maximum atomic E-state index is 12.9. The van der Waals surface area contributed by atoms with Crippen LogP contribution in [-0.4, -0.2) is 38.9 Å². The molecule has 5 fully saturated rings. The van der Waals surface area contributed by atoms with Crippen LogP contribution in [0.2, 0.25) is 0 Å². The quantitative estimate of drug-likeness (QED) is 0.578. The van der Waals surface area contributed by atoms with Gasteiger partial charge in [-0.2, -0.15) is 0 Å². The Morgan fingerprint density at radius 2 is 1.40 bits per heavy atom. The summed E-state index contributed by atoms with van der Waals surface area (Å²) < 4.78 is 16.6. The second kappa shape index (κ2) is 6.26. The van der Waals surface area contributed by atoms with Crippen molar-refractivity contribution in [1.29, 1.82) is 0 Å². The van der Waals surface area contributed by atoms with Gasteiger partial charge in [-0.25, -0.2) is 0 Å². The van der Waals surface area contributed by atoms with E-state index in [4.69, 9.17) is 14.2 Å². The van der Waals surface area contributed by atoms with Crippen LogP contribution in [0.1, 0.15) is 57.8 Å². The molecular formula is C20H30O5. The highest BCUT2D eigenvalue weighted by atomic mass is 16.6. The highest BCUT2D eigenvalue weighted by Crippen LogP contribution is 2.64. The van der Waals surface area contributed by atoms with E-state index < -0.39 is 23.5 Å². The maximum absolute atomic E-state index is 12.9. The second-order valence-electron chi connectivity index (χ2n) is 8.94. The van der Waals surface area contributed by atoms with E-state index in [0.29, 0.717) is 13.0 Å². The Hall–Kier alpha value is -1.10. The fourth-order valence-corrected chi connectivity index (χ4v) is 7.04. The summed E-state index contributed by atoms with van der Waals surface area (Å²) in [5, 5.41) is 0. The van der Waals surface area contributed by atoms with E-state index in [1.165, 1.54) is 33.5 Å². The van der Waals surface area contributed by atoms with Gasteiger partial charge in [0.05, 0.1) is 20.3 Å². The van der Waals surface area contributed by atoms with Crippen LogP contribution >= 0.6 is 0 Å². The lowest BCUT2D eigenvalue weighted by atomic mass is 9.45. The average molecular weight is 350 g/mol. The molecule has 5 aliphatic rings. The molecule has 1 unspecified atom stereocenters. The molecule has 25 heavy (non-hydrogen) atoms. The van der Waals surface area contributed by atoms with Gasteiger partial charge >= 0.3 is 11.9 Å². The molecule has 0 spiro atoms. The maximum Gasteiger partial charge on any atom is 0.325 e. The summed E-state index contributed by atoms with van der Waals surface area (Å²) in [5.74, 6) is 1.24. The van der Waals surface area contributed by atoms with Gasteiger partial charge in [0.25, 0.3) is 0 Å². The van der Waals surface area contributed by atoms with Crippen LogP contribution in [-0.2, 0) is 23.8 Å². The van der Waals surface area contributed by atoms with Gasteiger partial charge in [0, 0.05) is 6.61 Å². The fraction of sp³-hybridized carbons (Fsp3) is 0.900. The van der Waals surface area contributed by atoms with E-state index in [-0.39, 0.29) is 5.41 Å². The average Bonchev–Trinajstić information content (AvgIpc) is 2.83. The van der Waals surface area contributed by atoms with Crippen molar-refractivity contribution < 1.29 is 23.8 Å². The van der Waals surface area contributed by atoms with E-state index in [1.807, 2.05) is 0 Å². The molecular weight excluding hydrogens is 320 g/mol. The van der Waals surface area contributed by atoms with E-state index in [0.717, 1.165) is 49.9 Å². The molecule has 0 amide bonds. The van der Waals surface area contributed by atoms with Crippen molar-refractivity contribution in [3.63, 3.8) is 0 Å². The molecule has 4 aliphatic carbocycles. The monoisotopic (exact) mass is 350 g/mol. The molecule has 5 nitrogen and oxygen atoms in total. The first-order chi connectivity index (χ1) is 12.0. The first kappa shape index (κ1) is 17.3. The molecule has 1 saturated heterocycles. The topological polar surface area (TPSA) is 61.8 Å². The Morgan fingerprint density at radius 3 is 1.88 bits per heavy atom. The number of esters is 2. The van der Waals surface area contributed by atoms with Gasteiger partial charge in [-0.05, 0) is 81.0 Å². The van der Waals surface area contributed by atoms with Crippen molar-refractivity contribution in [1.82, 2.24) is 0 Å². The number of carbonyl (C=O) groups is 2. The van der Waals surface area contributed by atoms with Crippen molar-refractivity contribution in [3.8, 4) is 0 Å². The lowest BCUT2D eigenvalue weighted by Gasteiger charge is -2.60. The molecule has 5 rings (SSSR count). The molecule has 0 N–H and O–H groups in total. The zero-order valence-corrected chi connectivity index (χ0v) is 15.4. The van der Waals surface area contributed by atoms with E-state index in [2.05, 4.69) is 0 Å². The van der Waals surface area contributed by atoms with Crippen molar-refractivity contribution in [2.75, 3.05) is 20.8 Å². The van der Waals surface area contributed by atoms with Gasteiger partial charge in [-0.15, -0.1) is 0 Å². The minimum Gasteiger partial charge on any atom is -0.468 e. The highest BCUT2D eigenvalue weighted by Gasteiger charge is 2.66. The van der Waals surface area contributed by atoms with Gasteiger partial charge in [-0.3, -0.25) is 9.59 Å². The number of hydrogen-bond acceptors (Lipinski definition) is 5. The molecule has 0 aromatic heterocycles. The number of hydrogen-bond donors (Lipinski definition) is 0. The van der Waals surface area contributed by atoms with Crippen molar-refractivity contribution in [2.24, 2.45) is 28.6 Å². The molecule has 0 aromatic carbocycles. The molecule has 1 atom stereocenters. The normalized spacial score (nSPS) is 41.8. The minimum atomic E-state index is -1.30. The summed E-state index contributed by atoms with van der Waals surface area (Å²) in [6.45, 7) is 0.613. The number of ether oxygens (including phenoxy) is 3. The lowest BCUT2D eigenvalue weighted by molar-refractivity contribution is -0.209. The summed E-state index contributed by atoms with van der Waals surface area (Å²) in [6, 6.07) is 0. The van der Waals surface area contributed by atoms with Crippen molar-refractivity contribution in [2.45, 2.75) is 63.9 Å². The van der Waals surface area contributed by atoms with Gasteiger partial charge in [0.15, 0.2) is 5.41 Å². The van der Waals surface area contributed by atoms with Crippen LogP contribution < -0.4 is 0 Å². The first-order valence-electron chi connectivity index (χ1n) is 9.82. The zero-order valence-electron chi connectivity index (χ0n) is 15.4. The van der Waals surface area contributed by atoms with Gasteiger partial charge < -0.3 is 14.2 Å². The molecule has 4 saturated carbocycles. The van der Waals surface area contributed by atoms with Crippen molar-refractivity contribution >= 4 is 11.9 Å². The Morgan fingerprint density at radius 1 is 0.880 bits per heavy atom. The number of carbonyl (C=O) groups excluding carboxylic acids is 2. The lowest BCUT2D eigenvalue weighted by Crippen LogP contribution is -2.62. The summed E-state index contributed by atoms with van der Waals surface area (Å²) in [6.07, 6.45) is 8.92. The minimum absolute atomic E-state index is 0.0680. The highest BCUT2D eigenvalue weighted by molar-refractivity contribution is 6.01. The smallest absolute Gasteiger partial charge is 0.325 e. The van der Waals surface area contributed by atoms with Gasteiger partial charge in [0.1, 0.15) is 0 Å². The summed E-state index contributed by atoms with van der Waals surface area (Å²) >= 11 is 0. The summed E-state index contributed by atoms with van der Waals surface area (Å²) in [4.78, 5) is 25.9. The first-order valence-corrected chi connectivity index (χ1v) is 9.82. The molecule has 1 heterocycles. The van der Waals surface area contributed by atoms with Crippen LogP contribution in [0.4, 0.5) is 0 Å². The Kier molecular flexibility index (Phi) is 4.33. The van der Waals surface area contributed by atoms with Crippen LogP contribution in [0.5, 0.6) is 0 Å². The van der Waals surface area contributed by atoms with Crippen LogP contribution in [0.3, 0.4) is 0 Å². The van der Waals surface area contributed by atoms with Crippen LogP contribution in [0.25, 0.3) is 0 Å². The Labute approximate surface area is 149 Å². The molecule has 0 radical (unpaired) electrons. The SMILES string of the molecule is COC(=O)C1(C(=O)OC)CCCCOC1C12CC3CC(CC(C3)C1)C2. The molecule has 0 aromatic rings. The molecule has 140 valence electrons. The Bertz CT molecular complexity index is 503. The zero-order chi connectivity index (χ0) is 17.7. The predicted octanol–water partition coefficient (Wildman–Crippen LogP) is 3.10. The predicted molar refractivity (Wildman–Crippen MR) is 90.7 cm³/mol. The largest absolute Gasteiger partial charge is 0.468 e. The molecule has 4 bridgehead atoms. The third kappa shape index (κ3) is 2.53. The number of rotatable bonds is 3. The van der Waals surface area contributed by atoms with E-state index in [1.54, 1.807) is 0 Å². The van der Waals surface area contributed by atoms with Crippen LogP contribution in [0, 0.1) is 28.6 Å². The van der Waals surface area contributed by atoms with Gasteiger partial charge in [-0.1, -0.05) is 0 Å². The third-order valence-corrected chi connectivity index (χ3v) is 7.44. The van der Waals surface area contributed by atoms with E-state index >= 15 is 0 Å². The molecule has 1 aliphatic heterocycles. The molecule has 5 heteroatoms. The standard InChI is InChI=1S/C20H30O5/c1-23-17(21)20(18(22)24-2)5-3-4-6-25-16(20)19-10-13-7-14(11-19)9-15(8-13)12-19/h13-16H,3-12H2,1-2H3. The Balaban J connectivity index is 1.78. The number of methoxy groups -OCH3 is 2. The second-order valence-corrected chi connectivity index (χ2v) is 8.94. The van der Waals surface area contributed by atoms with Gasteiger partial charge in [0.2, 0.25) is 0 Å². The fourth-order valence-electron chi connectivity index (χ4n) is 7.04. The van der Waals surface area contributed by atoms with Crippen LogP contribution in [0.15, 0.2) is 0 Å². The summed E-state index contributed by atoms with van der Waals surface area (Å²) in [5.41, 5.74) is -1.37.